The number of morpholine rings is 1. The van der Waals surface area contributed by atoms with Crippen molar-refractivity contribution in [1.82, 2.24) is 9.88 Å². The molecular formula is C20H26N2O3. The highest BCUT2D eigenvalue weighted by Gasteiger charge is 2.41. The second-order valence-electron chi connectivity index (χ2n) is 8.43. The zero-order valence-corrected chi connectivity index (χ0v) is 15.4. The minimum absolute atomic E-state index is 0.0237. The van der Waals surface area contributed by atoms with E-state index in [1.165, 1.54) is 0 Å². The Morgan fingerprint density at radius 2 is 1.88 bits per heavy atom. The number of rotatable bonds is 2. The number of carbonyl (C=O) groups excluding carboxylic acids is 2. The van der Waals surface area contributed by atoms with Gasteiger partial charge in [-0.2, -0.15) is 0 Å². The van der Waals surface area contributed by atoms with Gasteiger partial charge in [0.1, 0.15) is 0 Å². The van der Waals surface area contributed by atoms with Crippen molar-refractivity contribution in [1.29, 1.82) is 0 Å². The molecule has 4 rings (SSSR count). The third-order valence-electron chi connectivity index (χ3n) is 5.55. The lowest BCUT2D eigenvalue weighted by atomic mass is 9.73. The first-order valence-corrected chi connectivity index (χ1v) is 9.31. The van der Waals surface area contributed by atoms with Gasteiger partial charge in [0.25, 0.3) is 5.91 Å². The first kappa shape index (κ1) is 16.7. The minimum atomic E-state index is -0.0555. The molecular weight excluding hydrogens is 316 g/mol. The number of Topliss-reactive ketones (excluding diaryl/α,β-unsaturated/α-hetero) is 1. The first-order valence-electron chi connectivity index (χ1n) is 9.31. The second-order valence-corrected chi connectivity index (χ2v) is 8.43. The fourth-order valence-corrected chi connectivity index (χ4v) is 4.24. The molecule has 1 aromatic heterocycles. The van der Waals surface area contributed by atoms with Crippen LogP contribution in [-0.2, 0) is 11.2 Å². The summed E-state index contributed by atoms with van der Waals surface area (Å²) in [4.78, 5) is 32.7. The molecule has 0 atom stereocenters. The highest BCUT2D eigenvalue weighted by molar-refractivity contribution is 6.05. The molecule has 1 amide bonds. The summed E-state index contributed by atoms with van der Waals surface area (Å²) in [6.07, 6.45) is 3.47. The SMILES string of the molecule is Cc1nc2c(c(C3CC3)c1C(=O)N1CCOCC1)C(=O)CC(C)(C)C2. The van der Waals surface area contributed by atoms with Crippen molar-refractivity contribution >= 4 is 11.7 Å². The molecule has 2 fully saturated rings. The van der Waals surface area contributed by atoms with Crippen molar-refractivity contribution in [2.75, 3.05) is 26.3 Å². The van der Waals surface area contributed by atoms with E-state index < -0.39 is 0 Å². The molecule has 0 bridgehead atoms. The fourth-order valence-electron chi connectivity index (χ4n) is 4.24. The molecule has 0 radical (unpaired) electrons. The zero-order chi connectivity index (χ0) is 17.8. The first-order chi connectivity index (χ1) is 11.9. The predicted octanol–water partition coefficient (Wildman–Crippen LogP) is 2.89. The molecule has 25 heavy (non-hydrogen) atoms. The van der Waals surface area contributed by atoms with Crippen LogP contribution in [0.3, 0.4) is 0 Å². The van der Waals surface area contributed by atoms with Crippen molar-refractivity contribution in [3.8, 4) is 0 Å². The lowest BCUT2D eigenvalue weighted by Gasteiger charge is -2.33. The molecule has 5 heteroatoms. The van der Waals surface area contributed by atoms with Crippen molar-refractivity contribution in [3.05, 3.63) is 28.1 Å². The quantitative estimate of drug-likeness (QED) is 0.829. The molecule has 0 spiro atoms. The van der Waals surface area contributed by atoms with Gasteiger partial charge in [-0.05, 0) is 43.1 Å². The molecule has 0 aromatic carbocycles. The Kier molecular flexibility index (Phi) is 3.95. The normalized spacial score (nSPS) is 22.7. The van der Waals surface area contributed by atoms with Gasteiger partial charge in [-0.25, -0.2) is 0 Å². The largest absolute Gasteiger partial charge is 0.378 e. The summed E-state index contributed by atoms with van der Waals surface area (Å²) in [5, 5.41) is 0. The van der Waals surface area contributed by atoms with E-state index in [9.17, 15) is 9.59 Å². The predicted molar refractivity (Wildman–Crippen MR) is 94.1 cm³/mol. The number of ketones is 1. The average Bonchev–Trinajstić information content (AvgIpc) is 3.37. The highest BCUT2D eigenvalue weighted by Crippen LogP contribution is 2.47. The molecule has 2 aliphatic carbocycles. The number of fused-ring (bicyclic) bond motifs is 1. The third kappa shape index (κ3) is 2.99. The number of nitrogens with zero attached hydrogens (tertiary/aromatic N) is 2. The molecule has 0 N–H and O–H groups in total. The number of hydrogen-bond acceptors (Lipinski definition) is 4. The summed E-state index contributed by atoms with van der Waals surface area (Å²) < 4.78 is 5.37. The second kappa shape index (κ2) is 5.90. The van der Waals surface area contributed by atoms with Crippen molar-refractivity contribution in [2.24, 2.45) is 5.41 Å². The molecule has 2 heterocycles. The lowest BCUT2D eigenvalue weighted by Crippen LogP contribution is -2.42. The van der Waals surface area contributed by atoms with Crippen molar-refractivity contribution in [3.63, 3.8) is 0 Å². The van der Waals surface area contributed by atoms with Crippen LogP contribution < -0.4 is 0 Å². The molecule has 1 aromatic rings. The highest BCUT2D eigenvalue weighted by atomic mass is 16.5. The van der Waals surface area contributed by atoms with E-state index in [1.54, 1.807) is 0 Å². The monoisotopic (exact) mass is 342 g/mol. The molecule has 0 unspecified atom stereocenters. The number of ether oxygens (including phenoxy) is 1. The lowest BCUT2D eigenvalue weighted by molar-refractivity contribution is 0.0301. The summed E-state index contributed by atoms with van der Waals surface area (Å²) in [5.74, 6) is 0.535. The summed E-state index contributed by atoms with van der Waals surface area (Å²) in [7, 11) is 0. The Hall–Kier alpha value is -1.75. The molecule has 3 aliphatic rings. The Labute approximate surface area is 148 Å². The van der Waals surface area contributed by atoms with Crippen LogP contribution in [0.25, 0.3) is 0 Å². The standard InChI is InChI=1S/C20H26N2O3/c1-12-16(19(24)22-6-8-25-9-7-22)17(13-4-5-13)18-14(21-12)10-20(2,3)11-15(18)23/h13H,4-11H2,1-3H3. The topological polar surface area (TPSA) is 59.5 Å². The Morgan fingerprint density at radius 3 is 2.52 bits per heavy atom. The van der Waals surface area contributed by atoms with Crippen molar-refractivity contribution < 1.29 is 14.3 Å². The number of aryl methyl sites for hydroxylation is 1. The van der Waals surface area contributed by atoms with E-state index in [4.69, 9.17) is 9.72 Å². The van der Waals surface area contributed by atoms with Gasteiger partial charge in [-0.3, -0.25) is 14.6 Å². The number of carbonyl (C=O) groups is 2. The Bertz CT molecular complexity index is 744. The molecule has 5 nitrogen and oxygen atoms in total. The van der Waals surface area contributed by atoms with E-state index >= 15 is 0 Å². The van der Waals surface area contributed by atoms with Gasteiger partial charge in [-0.1, -0.05) is 13.8 Å². The summed E-state index contributed by atoms with van der Waals surface area (Å²) in [6.45, 7) is 8.54. The van der Waals surface area contributed by atoms with Gasteiger partial charge in [-0.15, -0.1) is 0 Å². The summed E-state index contributed by atoms with van der Waals surface area (Å²) >= 11 is 0. The van der Waals surface area contributed by atoms with Crippen LogP contribution in [0.1, 0.15) is 76.7 Å². The van der Waals surface area contributed by atoms with Gasteiger partial charge in [0.2, 0.25) is 0 Å². The fraction of sp³-hybridized carbons (Fsp3) is 0.650. The molecule has 134 valence electrons. The Morgan fingerprint density at radius 1 is 1.20 bits per heavy atom. The number of hydrogen-bond donors (Lipinski definition) is 0. The van der Waals surface area contributed by atoms with Crippen LogP contribution in [0.4, 0.5) is 0 Å². The molecule has 1 saturated heterocycles. The van der Waals surface area contributed by atoms with E-state index in [0.29, 0.717) is 44.2 Å². The Balaban J connectivity index is 1.84. The number of amides is 1. The van der Waals surface area contributed by atoms with Crippen LogP contribution in [0.15, 0.2) is 0 Å². The maximum absolute atomic E-state index is 13.2. The number of aromatic nitrogens is 1. The van der Waals surface area contributed by atoms with Crippen LogP contribution in [0, 0.1) is 12.3 Å². The molecule has 1 saturated carbocycles. The third-order valence-corrected chi connectivity index (χ3v) is 5.55. The van der Waals surface area contributed by atoms with Gasteiger partial charge in [0, 0.05) is 25.1 Å². The van der Waals surface area contributed by atoms with Crippen LogP contribution in [-0.4, -0.2) is 47.9 Å². The van der Waals surface area contributed by atoms with Gasteiger partial charge in [0.05, 0.1) is 30.2 Å². The van der Waals surface area contributed by atoms with E-state index in [0.717, 1.165) is 41.8 Å². The smallest absolute Gasteiger partial charge is 0.256 e. The van der Waals surface area contributed by atoms with Crippen LogP contribution >= 0.6 is 0 Å². The van der Waals surface area contributed by atoms with Gasteiger partial charge < -0.3 is 9.64 Å². The van der Waals surface area contributed by atoms with E-state index in [-0.39, 0.29) is 17.1 Å². The average molecular weight is 342 g/mol. The summed E-state index contributed by atoms with van der Waals surface area (Å²) in [6, 6.07) is 0. The van der Waals surface area contributed by atoms with Crippen LogP contribution in [0.5, 0.6) is 0 Å². The van der Waals surface area contributed by atoms with Gasteiger partial charge >= 0.3 is 0 Å². The zero-order valence-electron chi connectivity index (χ0n) is 15.4. The summed E-state index contributed by atoms with van der Waals surface area (Å²) in [5.41, 5.74) is 4.08. The maximum Gasteiger partial charge on any atom is 0.256 e. The minimum Gasteiger partial charge on any atom is -0.378 e. The van der Waals surface area contributed by atoms with E-state index in [2.05, 4.69) is 13.8 Å². The van der Waals surface area contributed by atoms with Crippen LogP contribution in [0.2, 0.25) is 0 Å². The van der Waals surface area contributed by atoms with Gasteiger partial charge in [0.15, 0.2) is 5.78 Å². The van der Waals surface area contributed by atoms with Crippen molar-refractivity contribution in [2.45, 2.75) is 52.4 Å². The van der Waals surface area contributed by atoms with E-state index in [1.807, 2.05) is 11.8 Å². The molecule has 1 aliphatic heterocycles. The maximum atomic E-state index is 13.2. The number of pyridine rings is 1.